The standard InChI is InChI=1S/C34H46FNO3/c1-3-4-5-6-7-8-9-10-11-12-13-14-15-16-25-36-31(27-21-23-29(35)24-22-27)30(33(38)34(36)39)32(37)28-19-17-26(2)18-20-28/h17-24,31,37H,3-16,25H2,1-2H3/t31-/m0/s1. The van der Waals surface area contributed by atoms with Gasteiger partial charge < -0.3 is 10.0 Å². The molecule has 1 aliphatic heterocycles. The molecule has 3 rings (SSSR count). The molecule has 5 heteroatoms. The minimum Gasteiger partial charge on any atom is -0.507 e. The highest BCUT2D eigenvalue weighted by Gasteiger charge is 2.45. The second-order valence-corrected chi connectivity index (χ2v) is 11.0. The molecular weight excluding hydrogens is 489 g/mol. The molecule has 1 heterocycles. The normalized spacial score (nSPS) is 16.8. The average molecular weight is 536 g/mol. The molecule has 212 valence electrons. The SMILES string of the molecule is CCCCCCCCCCCCCCCCN1C(=O)C(=O)C(=C(O)c2ccc(C)cc2)[C@@H]1c1ccc(F)cc1. The molecule has 1 saturated heterocycles. The van der Waals surface area contributed by atoms with Crippen LogP contribution in [0.5, 0.6) is 0 Å². The van der Waals surface area contributed by atoms with Gasteiger partial charge in [-0.2, -0.15) is 0 Å². The first-order chi connectivity index (χ1) is 18.9. The maximum absolute atomic E-state index is 13.7. The van der Waals surface area contributed by atoms with Crippen LogP contribution in [0.4, 0.5) is 4.39 Å². The van der Waals surface area contributed by atoms with Gasteiger partial charge in [0.1, 0.15) is 11.6 Å². The van der Waals surface area contributed by atoms with Crippen LogP contribution in [-0.4, -0.2) is 28.2 Å². The Hall–Kier alpha value is -2.95. The van der Waals surface area contributed by atoms with Crippen LogP contribution in [0.1, 0.15) is 120 Å². The summed E-state index contributed by atoms with van der Waals surface area (Å²) in [6.45, 7) is 4.62. The number of carbonyl (C=O) groups excluding carboxylic acids is 2. The molecule has 0 spiro atoms. The average Bonchev–Trinajstić information content (AvgIpc) is 3.18. The van der Waals surface area contributed by atoms with E-state index >= 15 is 0 Å². The first-order valence-corrected chi connectivity index (χ1v) is 15.0. The molecule has 1 N–H and O–H groups in total. The van der Waals surface area contributed by atoms with E-state index in [0.29, 0.717) is 17.7 Å². The first-order valence-electron chi connectivity index (χ1n) is 15.0. The fourth-order valence-corrected chi connectivity index (χ4v) is 5.45. The zero-order chi connectivity index (χ0) is 28.0. The zero-order valence-corrected chi connectivity index (χ0v) is 23.9. The molecule has 1 amide bonds. The van der Waals surface area contributed by atoms with Gasteiger partial charge in [-0.1, -0.05) is 132 Å². The number of aryl methyl sites for hydroxylation is 1. The molecular formula is C34H46FNO3. The second kappa shape index (κ2) is 16.2. The number of hydrogen-bond acceptors (Lipinski definition) is 3. The summed E-state index contributed by atoms with van der Waals surface area (Å²) in [5, 5.41) is 11.1. The van der Waals surface area contributed by atoms with E-state index in [9.17, 15) is 19.1 Å². The van der Waals surface area contributed by atoms with Crippen LogP contribution in [0.25, 0.3) is 5.76 Å². The minimum absolute atomic E-state index is 0.0702. The highest BCUT2D eigenvalue weighted by atomic mass is 19.1. The van der Waals surface area contributed by atoms with Crippen molar-refractivity contribution < 1.29 is 19.1 Å². The third-order valence-electron chi connectivity index (χ3n) is 7.80. The van der Waals surface area contributed by atoms with Crippen molar-refractivity contribution in [2.24, 2.45) is 0 Å². The lowest BCUT2D eigenvalue weighted by Gasteiger charge is -2.25. The molecule has 1 fully saturated rings. The maximum Gasteiger partial charge on any atom is 0.295 e. The Balaban J connectivity index is 1.52. The molecule has 39 heavy (non-hydrogen) atoms. The van der Waals surface area contributed by atoms with E-state index in [0.717, 1.165) is 24.8 Å². The number of Topliss-reactive ketones (excluding diaryl/α,β-unsaturated/α-hetero) is 1. The van der Waals surface area contributed by atoms with Crippen LogP contribution in [0.2, 0.25) is 0 Å². The molecule has 0 saturated carbocycles. The number of ketones is 1. The number of aliphatic hydroxyl groups is 1. The number of likely N-dealkylation sites (tertiary alicyclic amines) is 1. The van der Waals surface area contributed by atoms with Gasteiger partial charge in [0.2, 0.25) is 0 Å². The Morgan fingerprint density at radius 2 is 1.23 bits per heavy atom. The zero-order valence-electron chi connectivity index (χ0n) is 23.9. The van der Waals surface area contributed by atoms with Crippen LogP contribution in [0.3, 0.4) is 0 Å². The van der Waals surface area contributed by atoms with Crippen molar-refractivity contribution in [1.82, 2.24) is 4.90 Å². The summed E-state index contributed by atoms with van der Waals surface area (Å²) in [4.78, 5) is 27.7. The van der Waals surface area contributed by atoms with Gasteiger partial charge in [-0.05, 0) is 31.0 Å². The molecule has 1 aliphatic rings. The predicted octanol–water partition coefficient (Wildman–Crippen LogP) is 9.04. The minimum atomic E-state index is -0.728. The van der Waals surface area contributed by atoms with E-state index in [4.69, 9.17) is 0 Å². The molecule has 0 aromatic heterocycles. The lowest BCUT2D eigenvalue weighted by Crippen LogP contribution is -2.30. The van der Waals surface area contributed by atoms with Crippen molar-refractivity contribution >= 4 is 17.4 Å². The second-order valence-electron chi connectivity index (χ2n) is 11.0. The van der Waals surface area contributed by atoms with Crippen molar-refractivity contribution in [1.29, 1.82) is 0 Å². The van der Waals surface area contributed by atoms with Gasteiger partial charge >= 0.3 is 0 Å². The molecule has 0 bridgehead atoms. The monoisotopic (exact) mass is 535 g/mol. The van der Waals surface area contributed by atoms with Crippen LogP contribution in [0, 0.1) is 12.7 Å². The molecule has 0 radical (unpaired) electrons. The van der Waals surface area contributed by atoms with Gasteiger partial charge in [-0.15, -0.1) is 0 Å². The highest BCUT2D eigenvalue weighted by molar-refractivity contribution is 6.46. The fourth-order valence-electron chi connectivity index (χ4n) is 5.45. The Morgan fingerprint density at radius 3 is 1.74 bits per heavy atom. The topological polar surface area (TPSA) is 57.6 Å². The number of nitrogens with zero attached hydrogens (tertiary/aromatic N) is 1. The number of amides is 1. The summed E-state index contributed by atoms with van der Waals surface area (Å²) >= 11 is 0. The summed E-state index contributed by atoms with van der Waals surface area (Å²) in [7, 11) is 0. The van der Waals surface area contributed by atoms with Crippen LogP contribution < -0.4 is 0 Å². The molecule has 1 atom stereocenters. The van der Waals surface area contributed by atoms with Gasteiger partial charge in [0, 0.05) is 12.1 Å². The van der Waals surface area contributed by atoms with Crippen LogP contribution in [-0.2, 0) is 9.59 Å². The summed E-state index contributed by atoms with van der Waals surface area (Å²) < 4.78 is 13.7. The Bertz CT molecular complexity index is 1070. The van der Waals surface area contributed by atoms with E-state index in [1.54, 1.807) is 29.2 Å². The summed E-state index contributed by atoms with van der Waals surface area (Å²) in [5.74, 6) is -1.87. The number of aliphatic hydroxyl groups excluding tert-OH is 1. The quantitative estimate of drug-likeness (QED) is 0.0951. The van der Waals surface area contributed by atoms with Crippen molar-refractivity contribution in [3.8, 4) is 0 Å². The number of benzene rings is 2. The lowest BCUT2D eigenvalue weighted by atomic mass is 9.95. The third-order valence-corrected chi connectivity index (χ3v) is 7.80. The molecule has 0 unspecified atom stereocenters. The third kappa shape index (κ3) is 9.05. The van der Waals surface area contributed by atoms with Gasteiger partial charge in [0.05, 0.1) is 11.6 Å². The van der Waals surface area contributed by atoms with E-state index < -0.39 is 17.7 Å². The van der Waals surface area contributed by atoms with Gasteiger partial charge in [-0.25, -0.2) is 4.39 Å². The van der Waals surface area contributed by atoms with Crippen molar-refractivity contribution in [2.75, 3.05) is 6.54 Å². The van der Waals surface area contributed by atoms with Crippen molar-refractivity contribution in [3.05, 3.63) is 76.6 Å². The van der Waals surface area contributed by atoms with E-state index in [1.165, 1.54) is 82.8 Å². The van der Waals surface area contributed by atoms with Crippen LogP contribution in [0.15, 0.2) is 54.1 Å². The first kappa shape index (κ1) is 30.6. The number of carbonyl (C=O) groups is 2. The molecule has 4 nitrogen and oxygen atoms in total. The van der Waals surface area contributed by atoms with Crippen molar-refractivity contribution in [3.63, 3.8) is 0 Å². The largest absolute Gasteiger partial charge is 0.507 e. The predicted molar refractivity (Wildman–Crippen MR) is 157 cm³/mol. The van der Waals surface area contributed by atoms with E-state index in [-0.39, 0.29) is 17.1 Å². The lowest BCUT2D eigenvalue weighted by molar-refractivity contribution is -0.139. The number of rotatable bonds is 17. The Labute approximate surface area is 234 Å². The summed E-state index contributed by atoms with van der Waals surface area (Å²) in [6.07, 6.45) is 17.4. The van der Waals surface area contributed by atoms with Gasteiger partial charge in [-0.3, -0.25) is 9.59 Å². The Kier molecular flexibility index (Phi) is 12.7. The number of hydrogen-bond donors (Lipinski definition) is 1. The maximum atomic E-state index is 13.7. The number of unbranched alkanes of at least 4 members (excludes halogenated alkanes) is 13. The fraction of sp³-hybridized carbons (Fsp3) is 0.529. The Morgan fingerprint density at radius 1 is 0.744 bits per heavy atom. The summed E-state index contributed by atoms with van der Waals surface area (Å²) in [6, 6.07) is 12.3. The van der Waals surface area contributed by atoms with Gasteiger partial charge in [0.15, 0.2) is 0 Å². The van der Waals surface area contributed by atoms with Gasteiger partial charge in [0.25, 0.3) is 11.7 Å². The molecule has 2 aromatic rings. The molecule has 0 aliphatic carbocycles. The van der Waals surface area contributed by atoms with E-state index in [1.807, 2.05) is 19.1 Å². The van der Waals surface area contributed by atoms with E-state index in [2.05, 4.69) is 6.92 Å². The summed E-state index contributed by atoms with van der Waals surface area (Å²) in [5.41, 5.74) is 2.21. The smallest absolute Gasteiger partial charge is 0.295 e. The van der Waals surface area contributed by atoms with Crippen LogP contribution >= 0.6 is 0 Å². The number of halogens is 1. The highest BCUT2D eigenvalue weighted by Crippen LogP contribution is 2.39. The van der Waals surface area contributed by atoms with Crippen molar-refractivity contribution in [2.45, 2.75) is 110 Å². The molecule has 2 aromatic carbocycles.